The second-order valence-electron chi connectivity index (χ2n) is 3.62. The first kappa shape index (κ1) is 10.3. The van der Waals surface area contributed by atoms with Crippen LogP contribution in [0.1, 0.15) is 5.56 Å². The molecule has 0 fully saturated rings. The second kappa shape index (κ2) is 3.72. The summed E-state index contributed by atoms with van der Waals surface area (Å²) in [5, 5.41) is 1.89. The van der Waals surface area contributed by atoms with Crippen LogP contribution in [0.4, 0.5) is 0 Å². The molecule has 0 aliphatic rings. The van der Waals surface area contributed by atoms with Crippen LogP contribution in [-0.2, 0) is 7.05 Å². The summed E-state index contributed by atoms with van der Waals surface area (Å²) in [5.41, 5.74) is 8.75. The van der Waals surface area contributed by atoms with E-state index in [4.69, 9.17) is 17.3 Å². The first-order valence-electron chi connectivity index (χ1n) is 4.76. The normalized spacial score (nSPS) is 10.9. The van der Waals surface area contributed by atoms with E-state index in [0.29, 0.717) is 6.54 Å². The number of hydrogen-bond donors (Lipinski definition) is 1. The van der Waals surface area contributed by atoms with Crippen LogP contribution in [-0.4, -0.2) is 11.1 Å². The quantitative estimate of drug-likeness (QED) is 0.829. The summed E-state index contributed by atoms with van der Waals surface area (Å²) in [5.74, 6) is 0. The molecule has 15 heavy (non-hydrogen) atoms. The largest absolute Gasteiger partial charge is 0.350 e. The second-order valence-corrected chi connectivity index (χ2v) is 4.06. The Morgan fingerprint density at radius 3 is 2.93 bits per heavy atom. The molecule has 1 aromatic heterocycles. The number of nitrogens with two attached hydrogens (primary N) is 1. The molecule has 0 atom stereocenters. The lowest BCUT2D eigenvalue weighted by Crippen LogP contribution is -2.00. The number of halogens is 1. The average molecular weight is 221 g/mol. The smallest absolute Gasteiger partial charge is 0.0498 e. The fourth-order valence-corrected chi connectivity index (χ4v) is 1.92. The summed E-state index contributed by atoms with van der Waals surface area (Å²) in [6, 6.07) is 5.84. The number of fused-ring (bicyclic) bond motifs is 1. The van der Waals surface area contributed by atoms with Gasteiger partial charge in [-0.15, -0.1) is 0 Å². The molecule has 0 radical (unpaired) electrons. The van der Waals surface area contributed by atoms with Crippen LogP contribution in [0.15, 0.2) is 31.0 Å². The van der Waals surface area contributed by atoms with Crippen LogP contribution in [0.25, 0.3) is 16.5 Å². The summed E-state index contributed by atoms with van der Waals surface area (Å²) >= 11 is 5.95. The van der Waals surface area contributed by atoms with Crippen LogP contribution in [0.2, 0.25) is 5.02 Å². The van der Waals surface area contributed by atoms with Crippen LogP contribution < -0.4 is 5.73 Å². The molecule has 0 aliphatic heterocycles. The predicted octanol–water partition coefficient (Wildman–Crippen LogP) is 2.80. The highest BCUT2D eigenvalue weighted by atomic mass is 35.5. The summed E-state index contributed by atoms with van der Waals surface area (Å²) in [6.07, 6.45) is 2.04. The highest BCUT2D eigenvalue weighted by Crippen LogP contribution is 2.27. The maximum absolute atomic E-state index is 5.95. The number of hydrogen-bond acceptors (Lipinski definition) is 1. The fraction of sp³-hybridized carbons (Fsp3) is 0.167. The zero-order chi connectivity index (χ0) is 11.0. The Labute approximate surface area is 93.9 Å². The van der Waals surface area contributed by atoms with Gasteiger partial charge in [0.1, 0.15) is 0 Å². The van der Waals surface area contributed by atoms with Gasteiger partial charge in [0.2, 0.25) is 0 Å². The number of rotatable bonds is 2. The molecule has 1 aromatic carbocycles. The zero-order valence-electron chi connectivity index (χ0n) is 8.63. The molecule has 0 aliphatic carbocycles. The number of aryl methyl sites for hydroxylation is 1. The van der Waals surface area contributed by atoms with Gasteiger partial charge in [0.25, 0.3) is 0 Å². The molecule has 0 unspecified atom stereocenters. The van der Waals surface area contributed by atoms with Crippen molar-refractivity contribution in [1.29, 1.82) is 0 Å². The van der Waals surface area contributed by atoms with Gasteiger partial charge in [-0.3, -0.25) is 0 Å². The molecular weight excluding hydrogens is 208 g/mol. The van der Waals surface area contributed by atoms with Gasteiger partial charge >= 0.3 is 0 Å². The van der Waals surface area contributed by atoms with E-state index in [9.17, 15) is 0 Å². The van der Waals surface area contributed by atoms with Gasteiger partial charge in [0.05, 0.1) is 0 Å². The minimum absolute atomic E-state index is 0.474. The summed E-state index contributed by atoms with van der Waals surface area (Å²) in [4.78, 5) is 0. The third-order valence-corrected chi connectivity index (χ3v) is 2.82. The SMILES string of the molecule is C=C(CN)c1cn(C)c2cc(Cl)ccc12. The zero-order valence-corrected chi connectivity index (χ0v) is 9.38. The van der Waals surface area contributed by atoms with Crippen LogP contribution in [0.5, 0.6) is 0 Å². The van der Waals surface area contributed by atoms with E-state index >= 15 is 0 Å². The van der Waals surface area contributed by atoms with Crippen molar-refractivity contribution in [3.63, 3.8) is 0 Å². The molecule has 0 bridgehead atoms. The van der Waals surface area contributed by atoms with E-state index in [1.807, 2.05) is 36.0 Å². The molecule has 0 amide bonds. The minimum atomic E-state index is 0.474. The van der Waals surface area contributed by atoms with Gasteiger partial charge < -0.3 is 10.3 Å². The standard InChI is InChI=1S/C12H13ClN2/c1-8(6-14)11-7-15(2)12-5-9(13)3-4-10(11)12/h3-5,7H,1,6,14H2,2H3. The van der Waals surface area contributed by atoms with E-state index in [1.54, 1.807) is 0 Å². The Balaban J connectivity index is 2.73. The summed E-state index contributed by atoms with van der Waals surface area (Å²) in [6.45, 7) is 4.43. The Morgan fingerprint density at radius 1 is 1.53 bits per heavy atom. The van der Waals surface area contributed by atoms with Crippen molar-refractivity contribution >= 4 is 28.1 Å². The third-order valence-electron chi connectivity index (χ3n) is 2.58. The third kappa shape index (κ3) is 1.66. The van der Waals surface area contributed by atoms with E-state index < -0.39 is 0 Å². The summed E-state index contributed by atoms with van der Waals surface area (Å²) < 4.78 is 2.04. The Kier molecular flexibility index (Phi) is 2.55. The average Bonchev–Trinajstić information content (AvgIpc) is 2.55. The Morgan fingerprint density at radius 2 is 2.27 bits per heavy atom. The first-order valence-corrected chi connectivity index (χ1v) is 5.14. The number of nitrogens with zero attached hydrogens (tertiary/aromatic N) is 1. The molecule has 2 aromatic rings. The number of benzene rings is 1. The predicted molar refractivity (Wildman–Crippen MR) is 66.0 cm³/mol. The number of aromatic nitrogens is 1. The van der Waals surface area contributed by atoms with E-state index in [0.717, 1.165) is 27.1 Å². The molecule has 78 valence electrons. The molecule has 2 nitrogen and oxygen atoms in total. The molecular formula is C12H13ClN2. The van der Waals surface area contributed by atoms with Crippen molar-refractivity contribution in [1.82, 2.24) is 4.57 Å². The van der Waals surface area contributed by atoms with Crippen molar-refractivity contribution in [3.8, 4) is 0 Å². The highest BCUT2D eigenvalue weighted by Gasteiger charge is 2.08. The van der Waals surface area contributed by atoms with Gasteiger partial charge in [-0.1, -0.05) is 24.2 Å². The Bertz CT molecular complexity index is 526. The molecule has 0 saturated heterocycles. The highest BCUT2D eigenvalue weighted by molar-refractivity contribution is 6.31. The van der Waals surface area contributed by atoms with Crippen molar-refractivity contribution < 1.29 is 0 Å². The molecule has 3 heteroatoms. The monoisotopic (exact) mass is 220 g/mol. The van der Waals surface area contributed by atoms with Gasteiger partial charge in [-0.05, 0) is 17.7 Å². The van der Waals surface area contributed by atoms with Gasteiger partial charge in [0.15, 0.2) is 0 Å². The van der Waals surface area contributed by atoms with E-state index in [2.05, 4.69) is 6.58 Å². The fourth-order valence-electron chi connectivity index (χ4n) is 1.75. The van der Waals surface area contributed by atoms with E-state index in [-0.39, 0.29) is 0 Å². The lowest BCUT2D eigenvalue weighted by Gasteiger charge is -1.99. The topological polar surface area (TPSA) is 30.9 Å². The van der Waals surface area contributed by atoms with Crippen molar-refractivity contribution in [2.45, 2.75) is 0 Å². The maximum atomic E-state index is 5.95. The van der Waals surface area contributed by atoms with Gasteiger partial charge in [-0.25, -0.2) is 0 Å². The lowest BCUT2D eigenvalue weighted by atomic mass is 10.1. The molecule has 2 N–H and O–H groups in total. The van der Waals surface area contributed by atoms with Crippen LogP contribution in [0, 0.1) is 0 Å². The molecule has 2 rings (SSSR count). The van der Waals surface area contributed by atoms with Crippen LogP contribution in [0.3, 0.4) is 0 Å². The van der Waals surface area contributed by atoms with Crippen molar-refractivity contribution in [2.24, 2.45) is 12.8 Å². The maximum Gasteiger partial charge on any atom is 0.0498 e. The van der Waals surface area contributed by atoms with Crippen molar-refractivity contribution in [3.05, 3.63) is 41.6 Å². The van der Waals surface area contributed by atoms with Gasteiger partial charge in [0, 0.05) is 41.3 Å². The van der Waals surface area contributed by atoms with Crippen molar-refractivity contribution in [2.75, 3.05) is 6.54 Å². The van der Waals surface area contributed by atoms with Gasteiger partial charge in [-0.2, -0.15) is 0 Å². The minimum Gasteiger partial charge on any atom is -0.350 e. The Hall–Kier alpha value is -1.25. The summed E-state index contributed by atoms with van der Waals surface area (Å²) in [7, 11) is 1.99. The van der Waals surface area contributed by atoms with Crippen LogP contribution >= 0.6 is 11.6 Å². The first-order chi connectivity index (χ1) is 7.13. The van der Waals surface area contributed by atoms with E-state index in [1.165, 1.54) is 0 Å². The molecule has 1 heterocycles. The lowest BCUT2D eigenvalue weighted by molar-refractivity contribution is 0.966. The molecule has 0 spiro atoms. The molecule has 0 saturated carbocycles.